The van der Waals surface area contributed by atoms with E-state index in [1.165, 1.54) is 20.5 Å². The number of aryl methyl sites for hydroxylation is 1. The molecule has 0 unspecified atom stereocenters. The van der Waals surface area contributed by atoms with E-state index in [9.17, 15) is 0 Å². The van der Waals surface area contributed by atoms with Crippen LogP contribution in [-0.2, 0) is 5.75 Å². The van der Waals surface area contributed by atoms with Crippen LogP contribution in [0.1, 0.15) is 11.1 Å². The van der Waals surface area contributed by atoms with Gasteiger partial charge in [-0.05, 0) is 40.5 Å². The molecular formula is C14H13BrS. The lowest BCUT2D eigenvalue weighted by Crippen LogP contribution is -1.82. The summed E-state index contributed by atoms with van der Waals surface area (Å²) >= 11 is 5.43. The summed E-state index contributed by atoms with van der Waals surface area (Å²) in [6.07, 6.45) is 0. The fourth-order valence-electron chi connectivity index (χ4n) is 1.52. The summed E-state index contributed by atoms with van der Waals surface area (Å²) in [5.41, 5.74) is 2.70. The van der Waals surface area contributed by atoms with Gasteiger partial charge in [-0.25, -0.2) is 0 Å². The number of hydrogen-bond acceptors (Lipinski definition) is 1. The fourth-order valence-corrected chi connectivity index (χ4v) is 3.04. The second-order valence-corrected chi connectivity index (χ2v) is 5.58. The van der Waals surface area contributed by atoms with Crippen molar-refractivity contribution >= 4 is 27.7 Å². The van der Waals surface area contributed by atoms with Crippen LogP contribution in [0.2, 0.25) is 0 Å². The predicted octanol–water partition coefficient (Wildman–Crippen LogP) is 5.05. The summed E-state index contributed by atoms with van der Waals surface area (Å²) in [4.78, 5) is 1.30. The first kappa shape index (κ1) is 11.7. The Morgan fingerprint density at radius 1 is 1.06 bits per heavy atom. The molecule has 0 saturated carbocycles. The lowest BCUT2D eigenvalue weighted by Gasteiger charge is -2.04. The number of benzene rings is 2. The molecule has 0 amide bonds. The Morgan fingerprint density at radius 3 is 2.62 bits per heavy atom. The molecule has 0 bridgehead atoms. The van der Waals surface area contributed by atoms with Crippen LogP contribution in [0.5, 0.6) is 0 Å². The van der Waals surface area contributed by atoms with E-state index in [2.05, 4.69) is 65.3 Å². The maximum Gasteiger partial charge on any atom is 0.0311 e. The van der Waals surface area contributed by atoms with Gasteiger partial charge in [0.15, 0.2) is 0 Å². The number of rotatable bonds is 3. The van der Waals surface area contributed by atoms with Crippen molar-refractivity contribution in [1.82, 2.24) is 0 Å². The van der Waals surface area contributed by atoms with Gasteiger partial charge in [0, 0.05) is 15.1 Å². The van der Waals surface area contributed by atoms with E-state index in [4.69, 9.17) is 0 Å². The van der Waals surface area contributed by atoms with Crippen LogP contribution in [0.15, 0.2) is 57.9 Å². The Labute approximate surface area is 109 Å². The molecule has 0 heterocycles. The summed E-state index contributed by atoms with van der Waals surface area (Å²) in [7, 11) is 0. The van der Waals surface area contributed by atoms with Crippen LogP contribution in [0.25, 0.3) is 0 Å². The molecule has 2 rings (SSSR count). The van der Waals surface area contributed by atoms with E-state index < -0.39 is 0 Å². The molecule has 0 aliphatic heterocycles. The molecule has 0 radical (unpaired) electrons. The van der Waals surface area contributed by atoms with Crippen LogP contribution in [0.4, 0.5) is 0 Å². The highest BCUT2D eigenvalue weighted by Crippen LogP contribution is 2.29. The molecule has 0 N–H and O–H groups in total. The molecule has 0 nitrogen and oxygen atoms in total. The van der Waals surface area contributed by atoms with Gasteiger partial charge in [0.25, 0.3) is 0 Å². The molecule has 2 aromatic carbocycles. The van der Waals surface area contributed by atoms with Gasteiger partial charge in [-0.15, -0.1) is 11.8 Å². The van der Waals surface area contributed by atoms with E-state index in [1.807, 2.05) is 17.8 Å². The largest absolute Gasteiger partial charge is 0.120 e. The smallest absolute Gasteiger partial charge is 0.0311 e. The summed E-state index contributed by atoms with van der Waals surface area (Å²) in [6, 6.07) is 17.0. The van der Waals surface area contributed by atoms with Crippen molar-refractivity contribution in [3.8, 4) is 0 Å². The third-order valence-electron chi connectivity index (χ3n) is 2.31. The molecule has 2 heteroatoms. The molecule has 0 spiro atoms. The van der Waals surface area contributed by atoms with Gasteiger partial charge in [0.05, 0.1) is 0 Å². The van der Waals surface area contributed by atoms with Crippen molar-refractivity contribution in [2.75, 3.05) is 0 Å². The number of hydrogen-bond donors (Lipinski definition) is 0. The number of halogens is 1. The maximum absolute atomic E-state index is 3.56. The van der Waals surface area contributed by atoms with Crippen molar-refractivity contribution in [1.29, 1.82) is 0 Å². The molecule has 0 aliphatic rings. The zero-order valence-corrected chi connectivity index (χ0v) is 11.5. The van der Waals surface area contributed by atoms with Gasteiger partial charge in [-0.3, -0.25) is 0 Å². The Bertz CT molecular complexity index is 480. The third-order valence-corrected chi connectivity index (χ3v) is 4.41. The Balaban J connectivity index is 2.05. The first-order chi connectivity index (χ1) is 7.75. The van der Waals surface area contributed by atoms with Gasteiger partial charge in [-0.1, -0.05) is 42.0 Å². The first-order valence-corrected chi connectivity index (χ1v) is 6.96. The van der Waals surface area contributed by atoms with Crippen LogP contribution >= 0.6 is 27.7 Å². The van der Waals surface area contributed by atoms with Crippen LogP contribution in [-0.4, -0.2) is 0 Å². The molecule has 16 heavy (non-hydrogen) atoms. The van der Waals surface area contributed by atoms with E-state index in [0.29, 0.717) is 0 Å². The van der Waals surface area contributed by atoms with E-state index in [0.717, 1.165) is 5.75 Å². The highest BCUT2D eigenvalue weighted by atomic mass is 79.9. The molecule has 0 aromatic heterocycles. The van der Waals surface area contributed by atoms with Gasteiger partial charge in [-0.2, -0.15) is 0 Å². The SMILES string of the molecule is Cc1cccc(CSc2ccccc2Br)c1. The molecule has 0 saturated heterocycles. The maximum atomic E-state index is 3.56. The van der Waals surface area contributed by atoms with E-state index in [1.54, 1.807) is 0 Å². The Hall–Kier alpha value is -0.730. The van der Waals surface area contributed by atoms with Crippen LogP contribution in [0, 0.1) is 6.92 Å². The normalized spacial score (nSPS) is 10.4. The minimum absolute atomic E-state index is 1.02. The average Bonchev–Trinajstić information content (AvgIpc) is 2.28. The first-order valence-electron chi connectivity index (χ1n) is 5.18. The summed E-state index contributed by atoms with van der Waals surface area (Å²) in [5, 5.41) is 0. The average molecular weight is 293 g/mol. The molecular weight excluding hydrogens is 280 g/mol. The quantitative estimate of drug-likeness (QED) is 0.714. The molecule has 0 atom stereocenters. The third kappa shape index (κ3) is 3.13. The summed E-state index contributed by atoms with van der Waals surface area (Å²) in [5.74, 6) is 1.02. The van der Waals surface area contributed by atoms with Gasteiger partial charge < -0.3 is 0 Å². The predicted molar refractivity (Wildman–Crippen MR) is 74.9 cm³/mol. The minimum Gasteiger partial charge on any atom is -0.120 e. The lowest BCUT2D eigenvalue weighted by atomic mass is 10.2. The molecule has 82 valence electrons. The monoisotopic (exact) mass is 292 g/mol. The van der Waals surface area contributed by atoms with Crippen molar-refractivity contribution in [3.63, 3.8) is 0 Å². The summed E-state index contributed by atoms with van der Waals surface area (Å²) < 4.78 is 1.17. The van der Waals surface area contributed by atoms with E-state index >= 15 is 0 Å². The highest BCUT2D eigenvalue weighted by Gasteiger charge is 2.00. The second-order valence-electron chi connectivity index (χ2n) is 3.71. The molecule has 0 fully saturated rings. The van der Waals surface area contributed by atoms with Gasteiger partial charge >= 0.3 is 0 Å². The van der Waals surface area contributed by atoms with Crippen molar-refractivity contribution in [2.45, 2.75) is 17.6 Å². The minimum atomic E-state index is 1.02. The van der Waals surface area contributed by atoms with E-state index in [-0.39, 0.29) is 0 Å². The number of thioether (sulfide) groups is 1. The molecule has 0 aliphatic carbocycles. The van der Waals surface area contributed by atoms with Crippen molar-refractivity contribution < 1.29 is 0 Å². The highest BCUT2D eigenvalue weighted by molar-refractivity contribution is 9.10. The van der Waals surface area contributed by atoms with Crippen molar-refractivity contribution in [2.24, 2.45) is 0 Å². The van der Waals surface area contributed by atoms with Gasteiger partial charge in [0.2, 0.25) is 0 Å². The van der Waals surface area contributed by atoms with Crippen LogP contribution < -0.4 is 0 Å². The second kappa shape index (κ2) is 5.55. The van der Waals surface area contributed by atoms with Crippen LogP contribution in [0.3, 0.4) is 0 Å². The Morgan fingerprint density at radius 2 is 1.88 bits per heavy atom. The topological polar surface area (TPSA) is 0 Å². The Kier molecular flexibility index (Phi) is 4.08. The lowest BCUT2D eigenvalue weighted by molar-refractivity contribution is 1.33. The summed E-state index contributed by atoms with van der Waals surface area (Å²) in [6.45, 7) is 2.13. The fraction of sp³-hybridized carbons (Fsp3) is 0.143. The van der Waals surface area contributed by atoms with Crippen molar-refractivity contribution in [3.05, 3.63) is 64.1 Å². The standard InChI is InChI=1S/C14H13BrS/c1-11-5-4-6-12(9-11)10-16-14-8-3-2-7-13(14)15/h2-9H,10H2,1H3. The molecule has 2 aromatic rings. The zero-order chi connectivity index (χ0) is 11.4. The zero-order valence-electron chi connectivity index (χ0n) is 9.11. The van der Waals surface area contributed by atoms with Gasteiger partial charge in [0.1, 0.15) is 0 Å².